The number of halogens is 1. The zero-order valence-corrected chi connectivity index (χ0v) is 18.9. The van der Waals surface area contributed by atoms with Crippen molar-refractivity contribution in [2.75, 3.05) is 32.7 Å². The number of nitrogens with two attached hydrogens (primary N) is 1. The molecule has 1 unspecified atom stereocenters. The van der Waals surface area contributed by atoms with Crippen molar-refractivity contribution < 1.29 is 0 Å². The fourth-order valence-electron chi connectivity index (χ4n) is 3.53. The first-order valence-electron chi connectivity index (χ1n) is 9.74. The lowest BCUT2D eigenvalue weighted by Crippen LogP contribution is -2.42. The number of hydrogen-bond donors (Lipinski definition) is 2. The maximum Gasteiger partial charge on any atom is 0.188 e. The van der Waals surface area contributed by atoms with Crippen LogP contribution >= 0.6 is 24.0 Å². The molecule has 0 spiro atoms. The van der Waals surface area contributed by atoms with Gasteiger partial charge in [-0.25, -0.2) is 4.99 Å². The lowest BCUT2D eigenvalue weighted by atomic mass is 10.1. The van der Waals surface area contributed by atoms with Crippen molar-refractivity contribution in [3.05, 3.63) is 35.4 Å². The van der Waals surface area contributed by atoms with E-state index in [4.69, 9.17) is 5.73 Å². The second-order valence-corrected chi connectivity index (χ2v) is 6.79. The molecule has 0 aliphatic carbocycles. The average Bonchev–Trinajstić information content (AvgIpc) is 3.10. The molecule has 0 amide bonds. The van der Waals surface area contributed by atoms with Gasteiger partial charge < -0.3 is 11.1 Å². The lowest BCUT2D eigenvalue weighted by molar-refractivity contribution is 0.267. The maximum absolute atomic E-state index is 6.06. The van der Waals surface area contributed by atoms with E-state index in [2.05, 4.69) is 65.1 Å². The number of nitrogens with one attached hydrogen (secondary N) is 1. The zero-order valence-electron chi connectivity index (χ0n) is 16.6. The molecular formula is C20H36IN5. The number of benzene rings is 1. The quantitative estimate of drug-likeness (QED) is 0.329. The number of likely N-dealkylation sites (N-methyl/N-ethyl adjacent to an activating group) is 1. The second-order valence-electron chi connectivity index (χ2n) is 6.79. The Hall–Kier alpha value is -0.860. The first-order chi connectivity index (χ1) is 12.2. The van der Waals surface area contributed by atoms with Crippen molar-refractivity contribution in [3.63, 3.8) is 0 Å². The Morgan fingerprint density at radius 1 is 1.27 bits per heavy atom. The van der Waals surface area contributed by atoms with Crippen molar-refractivity contribution in [1.29, 1.82) is 0 Å². The highest BCUT2D eigenvalue weighted by atomic mass is 127. The summed E-state index contributed by atoms with van der Waals surface area (Å²) in [5.74, 6) is 0.553. The number of aliphatic imine (C=N–C) groups is 1. The fraction of sp³-hybridized carbons (Fsp3) is 0.650. The van der Waals surface area contributed by atoms with Gasteiger partial charge in [-0.1, -0.05) is 45.0 Å². The Morgan fingerprint density at radius 3 is 2.69 bits per heavy atom. The van der Waals surface area contributed by atoms with Gasteiger partial charge in [0.05, 0.1) is 6.54 Å². The molecule has 1 saturated heterocycles. The van der Waals surface area contributed by atoms with E-state index >= 15 is 0 Å². The predicted molar refractivity (Wildman–Crippen MR) is 122 cm³/mol. The van der Waals surface area contributed by atoms with Gasteiger partial charge in [0.25, 0.3) is 0 Å². The third-order valence-electron chi connectivity index (χ3n) is 5.15. The van der Waals surface area contributed by atoms with Crippen LogP contribution < -0.4 is 11.1 Å². The molecule has 2 rings (SSSR count). The summed E-state index contributed by atoms with van der Waals surface area (Å²) in [5, 5.41) is 3.30. The topological polar surface area (TPSA) is 56.9 Å². The average molecular weight is 473 g/mol. The highest BCUT2D eigenvalue weighted by Crippen LogP contribution is 2.15. The van der Waals surface area contributed by atoms with Crippen LogP contribution in [0.1, 0.15) is 44.7 Å². The van der Waals surface area contributed by atoms with E-state index < -0.39 is 0 Å². The van der Waals surface area contributed by atoms with Crippen LogP contribution in [0.4, 0.5) is 0 Å². The molecule has 148 valence electrons. The van der Waals surface area contributed by atoms with Crippen molar-refractivity contribution >= 4 is 29.9 Å². The van der Waals surface area contributed by atoms with E-state index in [0.29, 0.717) is 18.5 Å². The van der Waals surface area contributed by atoms with E-state index in [1.54, 1.807) is 0 Å². The van der Waals surface area contributed by atoms with Crippen LogP contribution in [0.3, 0.4) is 0 Å². The van der Waals surface area contributed by atoms with Crippen molar-refractivity contribution in [3.8, 4) is 0 Å². The van der Waals surface area contributed by atoms with E-state index in [9.17, 15) is 0 Å². The molecule has 0 radical (unpaired) electrons. The van der Waals surface area contributed by atoms with Crippen molar-refractivity contribution in [2.24, 2.45) is 10.7 Å². The summed E-state index contributed by atoms with van der Waals surface area (Å²) < 4.78 is 0. The minimum Gasteiger partial charge on any atom is -0.370 e. The molecule has 5 nitrogen and oxygen atoms in total. The summed E-state index contributed by atoms with van der Waals surface area (Å²) in [6.45, 7) is 13.6. The van der Waals surface area contributed by atoms with Crippen LogP contribution in [0, 0.1) is 0 Å². The third-order valence-corrected chi connectivity index (χ3v) is 5.15. The van der Waals surface area contributed by atoms with Crippen LogP contribution in [-0.4, -0.2) is 54.5 Å². The molecule has 1 aliphatic rings. The van der Waals surface area contributed by atoms with E-state index in [1.165, 1.54) is 30.5 Å². The molecule has 1 atom stereocenters. The number of likely N-dealkylation sites (tertiary alicyclic amines) is 1. The van der Waals surface area contributed by atoms with Crippen LogP contribution in [0.2, 0.25) is 0 Å². The molecule has 0 bridgehead atoms. The van der Waals surface area contributed by atoms with Gasteiger partial charge in [0.2, 0.25) is 0 Å². The van der Waals surface area contributed by atoms with E-state index in [0.717, 1.165) is 32.7 Å². The molecule has 1 fully saturated rings. The summed E-state index contributed by atoms with van der Waals surface area (Å²) >= 11 is 0. The summed E-state index contributed by atoms with van der Waals surface area (Å²) in [7, 11) is 0. The highest BCUT2D eigenvalue weighted by Gasteiger charge is 2.22. The fourth-order valence-corrected chi connectivity index (χ4v) is 3.53. The molecule has 0 aromatic heterocycles. The molecule has 0 saturated carbocycles. The number of guanidine groups is 1. The molecule has 1 aromatic rings. The van der Waals surface area contributed by atoms with Gasteiger partial charge in [0.15, 0.2) is 5.96 Å². The van der Waals surface area contributed by atoms with Gasteiger partial charge in [-0.2, -0.15) is 0 Å². The molecular weight excluding hydrogens is 437 g/mol. The molecule has 1 aliphatic heterocycles. The third kappa shape index (κ3) is 7.40. The van der Waals surface area contributed by atoms with Gasteiger partial charge in [0.1, 0.15) is 0 Å². The highest BCUT2D eigenvalue weighted by molar-refractivity contribution is 14.0. The molecule has 1 heterocycles. The van der Waals surface area contributed by atoms with Crippen LogP contribution in [-0.2, 0) is 13.1 Å². The Labute approximate surface area is 176 Å². The maximum atomic E-state index is 6.06. The Kier molecular flexibility index (Phi) is 11.2. The van der Waals surface area contributed by atoms with Gasteiger partial charge in [0, 0.05) is 19.1 Å². The Morgan fingerprint density at radius 2 is 2.00 bits per heavy atom. The minimum atomic E-state index is 0. The normalized spacial score (nSPS) is 18.2. The minimum absolute atomic E-state index is 0. The van der Waals surface area contributed by atoms with Crippen LogP contribution in [0.25, 0.3) is 0 Å². The SMILES string of the molecule is CCN(CC)Cc1cccc(CN=C(N)NCC2CCCN2CC)c1.I. The van der Waals surface area contributed by atoms with Gasteiger partial charge >= 0.3 is 0 Å². The zero-order chi connectivity index (χ0) is 18.1. The van der Waals surface area contributed by atoms with Crippen molar-refractivity contribution in [1.82, 2.24) is 15.1 Å². The first kappa shape index (κ1) is 23.2. The van der Waals surface area contributed by atoms with Gasteiger partial charge in [-0.15, -0.1) is 24.0 Å². The van der Waals surface area contributed by atoms with Crippen LogP contribution in [0.5, 0.6) is 0 Å². The van der Waals surface area contributed by atoms with E-state index in [-0.39, 0.29) is 24.0 Å². The standard InChI is InChI=1S/C20H35N5.HI/c1-4-24(5-2)16-18-10-7-9-17(13-18)14-22-20(21)23-15-19-11-8-12-25(19)6-3;/h7,9-10,13,19H,4-6,8,11-12,14-16H2,1-3H3,(H3,21,22,23);1H. The number of rotatable bonds is 9. The Balaban J connectivity index is 0.00000338. The summed E-state index contributed by atoms with van der Waals surface area (Å²) in [5.41, 5.74) is 8.61. The lowest BCUT2D eigenvalue weighted by Gasteiger charge is -2.23. The molecule has 1 aromatic carbocycles. The van der Waals surface area contributed by atoms with Crippen molar-refractivity contribution in [2.45, 2.75) is 52.7 Å². The number of nitrogens with zero attached hydrogens (tertiary/aromatic N) is 3. The summed E-state index contributed by atoms with van der Waals surface area (Å²) in [6, 6.07) is 9.26. The summed E-state index contributed by atoms with van der Waals surface area (Å²) in [6.07, 6.45) is 2.54. The smallest absolute Gasteiger partial charge is 0.188 e. The second kappa shape index (κ2) is 12.5. The first-order valence-corrected chi connectivity index (χ1v) is 9.74. The Bertz CT molecular complexity index is 545. The van der Waals surface area contributed by atoms with Gasteiger partial charge in [-0.3, -0.25) is 9.80 Å². The molecule has 3 N–H and O–H groups in total. The predicted octanol–water partition coefficient (Wildman–Crippen LogP) is 3.04. The van der Waals surface area contributed by atoms with Crippen LogP contribution in [0.15, 0.2) is 29.3 Å². The number of hydrogen-bond acceptors (Lipinski definition) is 3. The molecule has 26 heavy (non-hydrogen) atoms. The van der Waals surface area contributed by atoms with Gasteiger partial charge in [-0.05, 0) is 50.1 Å². The largest absolute Gasteiger partial charge is 0.370 e. The molecule has 6 heteroatoms. The monoisotopic (exact) mass is 473 g/mol. The summed E-state index contributed by atoms with van der Waals surface area (Å²) in [4.78, 5) is 9.44. The van der Waals surface area contributed by atoms with E-state index in [1.807, 2.05) is 0 Å².